The van der Waals surface area contributed by atoms with Crippen LogP contribution in [0.3, 0.4) is 0 Å². The summed E-state index contributed by atoms with van der Waals surface area (Å²) in [6.45, 7) is 1.17. The van der Waals surface area contributed by atoms with Gasteiger partial charge in [0, 0.05) is 23.3 Å². The van der Waals surface area contributed by atoms with Crippen LogP contribution in [0, 0.1) is 0 Å². The molecule has 0 spiro atoms. The van der Waals surface area contributed by atoms with Crippen LogP contribution < -0.4 is 4.90 Å². The van der Waals surface area contributed by atoms with Crippen molar-refractivity contribution in [3.63, 3.8) is 0 Å². The van der Waals surface area contributed by atoms with Crippen LogP contribution in [0.5, 0.6) is 0 Å². The Morgan fingerprint density at radius 2 is 2.31 bits per heavy atom. The molecule has 4 heteroatoms. The fourth-order valence-electron chi connectivity index (χ4n) is 2.35. The summed E-state index contributed by atoms with van der Waals surface area (Å²) >= 11 is 5.24. The molecule has 2 heterocycles. The standard InChI is InChI=1S/C12H13BrN2S/c13-8-9-4-3-7-15(9)12-10-5-1-2-6-11(10)14-16-12/h1-2,5-6,9H,3-4,7-8H2. The number of hydrogen-bond acceptors (Lipinski definition) is 3. The molecule has 1 aliphatic rings. The molecule has 3 rings (SSSR count). The van der Waals surface area contributed by atoms with Crippen LogP contribution in [0.4, 0.5) is 5.00 Å². The Bertz CT molecular complexity index is 496. The summed E-state index contributed by atoms with van der Waals surface area (Å²) in [6.07, 6.45) is 2.58. The van der Waals surface area contributed by atoms with Gasteiger partial charge in [0.05, 0.1) is 5.52 Å². The summed E-state index contributed by atoms with van der Waals surface area (Å²) in [5, 5.41) is 3.71. The van der Waals surface area contributed by atoms with Gasteiger partial charge in [0.1, 0.15) is 5.00 Å². The summed E-state index contributed by atoms with van der Waals surface area (Å²) in [5.74, 6) is 0. The second kappa shape index (κ2) is 4.34. The lowest BCUT2D eigenvalue weighted by Crippen LogP contribution is -2.29. The molecular weight excluding hydrogens is 284 g/mol. The van der Waals surface area contributed by atoms with Gasteiger partial charge in [-0.1, -0.05) is 28.1 Å². The van der Waals surface area contributed by atoms with E-state index in [9.17, 15) is 0 Å². The molecule has 1 atom stereocenters. The summed E-state index contributed by atoms with van der Waals surface area (Å²) in [5.41, 5.74) is 1.13. The van der Waals surface area contributed by atoms with Gasteiger partial charge in [0.15, 0.2) is 0 Å². The molecule has 2 aromatic rings. The molecule has 1 aromatic carbocycles. The molecule has 0 radical (unpaired) electrons. The number of alkyl halides is 1. The van der Waals surface area contributed by atoms with Crippen molar-refractivity contribution in [2.75, 3.05) is 16.8 Å². The zero-order valence-electron chi connectivity index (χ0n) is 8.90. The first kappa shape index (κ1) is 10.5. The van der Waals surface area contributed by atoms with E-state index in [0.29, 0.717) is 6.04 Å². The molecule has 0 bridgehead atoms. The van der Waals surface area contributed by atoms with E-state index < -0.39 is 0 Å². The Kier molecular flexibility index (Phi) is 2.86. The summed E-state index contributed by atoms with van der Waals surface area (Å²) in [6, 6.07) is 9.06. The first-order valence-corrected chi connectivity index (χ1v) is 7.46. The molecular formula is C12H13BrN2S. The number of nitrogens with zero attached hydrogens (tertiary/aromatic N) is 2. The average Bonchev–Trinajstić information content (AvgIpc) is 2.94. The molecule has 0 amide bonds. The maximum atomic E-state index is 4.52. The predicted octanol–water partition coefficient (Wildman–Crippen LogP) is 3.66. The van der Waals surface area contributed by atoms with Gasteiger partial charge in [-0.15, -0.1) is 0 Å². The summed E-state index contributed by atoms with van der Waals surface area (Å²) < 4.78 is 4.52. The Balaban J connectivity index is 2.05. The molecule has 0 aliphatic carbocycles. The van der Waals surface area contributed by atoms with Crippen molar-refractivity contribution in [1.29, 1.82) is 0 Å². The van der Waals surface area contributed by atoms with Gasteiger partial charge >= 0.3 is 0 Å². The fraction of sp³-hybridized carbons (Fsp3) is 0.417. The van der Waals surface area contributed by atoms with E-state index >= 15 is 0 Å². The molecule has 1 aliphatic heterocycles. The fourth-order valence-corrected chi connectivity index (χ4v) is 3.98. The quantitative estimate of drug-likeness (QED) is 0.786. The molecule has 0 saturated carbocycles. The van der Waals surface area contributed by atoms with Crippen LogP contribution in [0.25, 0.3) is 10.9 Å². The molecule has 1 aromatic heterocycles. The van der Waals surface area contributed by atoms with Gasteiger partial charge in [-0.25, -0.2) is 0 Å². The highest BCUT2D eigenvalue weighted by Gasteiger charge is 2.26. The zero-order chi connectivity index (χ0) is 11.0. The van der Waals surface area contributed by atoms with Gasteiger partial charge < -0.3 is 4.90 Å². The van der Waals surface area contributed by atoms with Crippen molar-refractivity contribution in [3.8, 4) is 0 Å². The number of aromatic nitrogens is 1. The predicted molar refractivity (Wildman–Crippen MR) is 73.8 cm³/mol. The maximum Gasteiger partial charge on any atom is 0.120 e. The van der Waals surface area contributed by atoms with Crippen LogP contribution in [0.2, 0.25) is 0 Å². The van der Waals surface area contributed by atoms with E-state index in [-0.39, 0.29) is 0 Å². The number of hydrogen-bond donors (Lipinski definition) is 0. The van der Waals surface area contributed by atoms with Gasteiger partial charge in [-0.2, -0.15) is 4.37 Å². The van der Waals surface area contributed by atoms with E-state index in [0.717, 1.165) is 10.8 Å². The zero-order valence-corrected chi connectivity index (χ0v) is 11.3. The van der Waals surface area contributed by atoms with Crippen molar-refractivity contribution in [2.45, 2.75) is 18.9 Å². The Morgan fingerprint density at radius 3 is 3.19 bits per heavy atom. The normalized spacial score (nSPS) is 20.8. The minimum atomic E-state index is 0.642. The van der Waals surface area contributed by atoms with Crippen molar-refractivity contribution in [1.82, 2.24) is 4.37 Å². The van der Waals surface area contributed by atoms with E-state index in [1.807, 2.05) is 0 Å². The third-order valence-corrected chi connectivity index (χ3v) is 4.84. The SMILES string of the molecule is BrCC1CCCN1c1snc2ccccc12. The lowest BCUT2D eigenvalue weighted by atomic mass is 10.2. The molecule has 1 fully saturated rings. The maximum absolute atomic E-state index is 4.52. The lowest BCUT2D eigenvalue weighted by molar-refractivity contribution is 0.756. The average molecular weight is 297 g/mol. The third-order valence-electron chi connectivity index (χ3n) is 3.18. The third kappa shape index (κ3) is 1.64. The smallest absolute Gasteiger partial charge is 0.120 e. The molecule has 2 nitrogen and oxygen atoms in total. The highest BCUT2D eigenvalue weighted by Crippen LogP contribution is 2.35. The molecule has 16 heavy (non-hydrogen) atoms. The second-order valence-electron chi connectivity index (χ2n) is 4.15. The minimum Gasteiger partial charge on any atom is -0.358 e. The first-order chi connectivity index (χ1) is 7.90. The van der Waals surface area contributed by atoms with E-state index in [4.69, 9.17) is 0 Å². The highest BCUT2D eigenvalue weighted by molar-refractivity contribution is 9.09. The first-order valence-electron chi connectivity index (χ1n) is 5.57. The second-order valence-corrected chi connectivity index (χ2v) is 5.55. The largest absolute Gasteiger partial charge is 0.358 e. The van der Waals surface area contributed by atoms with Crippen LogP contribution in [-0.4, -0.2) is 22.3 Å². The molecule has 1 unspecified atom stereocenters. The van der Waals surface area contributed by atoms with Gasteiger partial charge in [-0.3, -0.25) is 0 Å². The van der Waals surface area contributed by atoms with E-state index in [1.165, 1.54) is 29.8 Å². The monoisotopic (exact) mass is 296 g/mol. The number of rotatable bonds is 2. The van der Waals surface area contributed by atoms with Crippen LogP contribution >= 0.6 is 27.5 Å². The van der Waals surface area contributed by atoms with Gasteiger partial charge in [0.25, 0.3) is 0 Å². The summed E-state index contributed by atoms with van der Waals surface area (Å²) in [7, 11) is 0. The highest BCUT2D eigenvalue weighted by atomic mass is 79.9. The molecule has 84 valence electrons. The summed E-state index contributed by atoms with van der Waals surface area (Å²) in [4.78, 5) is 2.51. The molecule has 1 saturated heterocycles. The van der Waals surface area contributed by atoms with Crippen LogP contribution in [0.1, 0.15) is 12.8 Å². The topological polar surface area (TPSA) is 16.1 Å². The molecule has 0 N–H and O–H groups in total. The Labute approximate surface area is 108 Å². The van der Waals surface area contributed by atoms with Crippen molar-refractivity contribution >= 4 is 43.4 Å². The Hall–Kier alpha value is -0.610. The van der Waals surface area contributed by atoms with E-state index in [2.05, 4.69) is 49.5 Å². The van der Waals surface area contributed by atoms with Crippen LogP contribution in [0.15, 0.2) is 24.3 Å². The Morgan fingerprint density at radius 1 is 1.44 bits per heavy atom. The van der Waals surface area contributed by atoms with Gasteiger partial charge in [0.2, 0.25) is 0 Å². The van der Waals surface area contributed by atoms with E-state index in [1.54, 1.807) is 11.5 Å². The number of anilines is 1. The minimum absolute atomic E-state index is 0.642. The van der Waals surface area contributed by atoms with Crippen molar-refractivity contribution in [2.24, 2.45) is 0 Å². The van der Waals surface area contributed by atoms with Crippen molar-refractivity contribution in [3.05, 3.63) is 24.3 Å². The van der Waals surface area contributed by atoms with Crippen molar-refractivity contribution < 1.29 is 0 Å². The van der Waals surface area contributed by atoms with Gasteiger partial charge in [-0.05, 0) is 36.5 Å². The lowest BCUT2D eigenvalue weighted by Gasteiger charge is -2.23. The number of benzene rings is 1. The van der Waals surface area contributed by atoms with Crippen LogP contribution in [-0.2, 0) is 0 Å². The number of halogens is 1. The number of fused-ring (bicyclic) bond motifs is 1.